The molecule has 1 aliphatic heterocycles. The number of pyridine rings is 1. The first-order valence-corrected chi connectivity index (χ1v) is 14.1. The third-order valence-electron chi connectivity index (χ3n) is 6.76. The first kappa shape index (κ1) is 28.9. The van der Waals surface area contributed by atoms with Gasteiger partial charge >= 0.3 is 5.97 Å². The first-order chi connectivity index (χ1) is 18.1. The first-order valence-electron chi connectivity index (χ1n) is 12.2. The summed E-state index contributed by atoms with van der Waals surface area (Å²) in [6.07, 6.45) is 0.302. The van der Waals surface area contributed by atoms with Crippen LogP contribution in [0.5, 0.6) is 0 Å². The molecule has 2 atom stereocenters. The molecule has 0 saturated carbocycles. The third-order valence-corrected chi connectivity index (χ3v) is 8.40. The molecule has 1 amide bonds. The molecule has 1 saturated heterocycles. The number of nitrogens with one attached hydrogen (secondary N) is 1. The number of hydrogen-bond donors (Lipinski definition) is 2. The molecular formula is C27H26BrCl3FN3O3. The average Bonchev–Trinajstić information content (AvgIpc) is 2.87. The highest BCUT2D eigenvalue weighted by molar-refractivity contribution is 9.10. The average molecular weight is 646 g/mol. The van der Waals surface area contributed by atoms with Gasteiger partial charge in [-0.3, -0.25) is 9.59 Å². The molecule has 0 aliphatic carbocycles. The number of carboxylic acids is 1. The van der Waals surface area contributed by atoms with Gasteiger partial charge in [-0.1, -0.05) is 50.7 Å². The fourth-order valence-electron chi connectivity index (χ4n) is 4.90. The van der Waals surface area contributed by atoms with E-state index >= 15 is 0 Å². The topological polar surface area (TPSA) is 82.5 Å². The van der Waals surface area contributed by atoms with Crippen LogP contribution in [0.25, 0.3) is 10.9 Å². The van der Waals surface area contributed by atoms with Gasteiger partial charge in [0.1, 0.15) is 12.0 Å². The number of carbonyl (C=O) groups is 2. The van der Waals surface area contributed by atoms with Crippen LogP contribution in [-0.4, -0.2) is 47.8 Å². The van der Waals surface area contributed by atoms with Crippen molar-refractivity contribution in [1.29, 1.82) is 0 Å². The molecule has 38 heavy (non-hydrogen) atoms. The summed E-state index contributed by atoms with van der Waals surface area (Å²) in [5.74, 6) is -1.26. The van der Waals surface area contributed by atoms with Crippen molar-refractivity contribution in [2.24, 2.45) is 0 Å². The maximum Gasteiger partial charge on any atom is 0.303 e. The van der Waals surface area contributed by atoms with E-state index < -0.39 is 18.1 Å². The Morgan fingerprint density at radius 2 is 1.97 bits per heavy atom. The monoisotopic (exact) mass is 643 g/mol. The fraction of sp³-hybridized carbons (Fsp3) is 0.370. The van der Waals surface area contributed by atoms with Gasteiger partial charge < -0.3 is 15.3 Å². The molecule has 1 fully saturated rings. The number of carbonyl (C=O) groups excluding carboxylic acids is 1. The lowest BCUT2D eigenvalue weighted by Gasteiger charge is -2.32. The van der Waals surface area contributed by atoms with Crippen LogP contribution in [-0.2, 0) is 4.79 Å². The summed E-state index contributed by atoms with van der Waals surface area (Å²) in [4.78, 5) is 31.8. The molecular weight excluding hydrogens is 620 g/mol. The minimum Gasteiger partial charge on any atom is -0.481 e. The largest absolute Gasteiger partial charge is 0.481 e. The second kappa shape index (κ2) is 12.4. The molecule has 11 heteroatoms. The molecule has 0 radical (unpaired) electrons. The number of nitrogens with zero attached hydrogens (tertiary/aromatic N) is 2. The number of anilines is 1. The van der Waals surface area contributed by atoms with E-state index in [-0.39, 0.29) is 41.9 Å². The number of alkyl halides is 1. The second-order valence-electron chi connectivity index (χ2n) is 9.38. The van der Waals surface area contributed by atoms with Crippen LogP contribution < -0.4 is 10.2 Å². The Morgan fingerprint density at radius 1 is 1.24 bits per heavy atom. The summed E-state index contributed by atoms with van der Waals surface area (Å²) in [5, 5.41) is 13.7. The number of hydrogen-bond acceptors (Lipinski definition) is 4. The lowest BCUT2D eigenvalue weighted by molar-refractivity contribution is -0.137. The van der Waals surface area contributed by atoms with E-state index in [0.717, 1.165) is 4.47 Å². The molecule has 3 aromatic rings. The van der Waals surface area contributed by atoms with Crippen LogP contribution in [0.4, 0.5) is 10.2 Å². The Kier molecular flexibility index (Phi) is 9.40. The van der Waals surface area contributed by atoms with Crippen LogP contribution in [0, 0.1) is 6.92 Å². The molecule has 6 nitrogen and oxygen atoms in total. The molecule has 0 unspecified atom stereocenters. The standard InChI is InChI=1S/C27H26BrCl3FN3O3/c1-14-23(18-11-16(28)5-8-21(18)34-26(14)35-10-2-3-17(32)13-35)27(38)33-12-15(4-9-22(36)37)24-19(29)6-7-20(30)25(24)31/h5-8,11,15,17H,2-4,9-10,12-13H2,1H3,(H,33,38)(H,36,37)/t15-,17-/m0/s1. The third kappa shape index (κ3) is 6.36. The van der Waals surface area contributed by atoms with Gasteiger partial charge in [-0.25, -0.2) is 9.37 Å². The summed E-state index contributed by atoms with van der Waals surface area (Å²) in [5.41, 5.74) is 2.17. The smallest absolute Gasteiger partial charge is 0.303 e. The van der Waals surface area contributed by atoms with Crippen LogP contribution in [0.1, 0.15) is 53.1 Å². The molecule has 202 valence electrons. The number of carboxylic acid groups (broad SMARTS) is 1. The fourth-order valence-corrected chi connectivity index (χ4v) is 6.11. The van der Waals surface area contributed by atoms with E-state index in [4.69, 9.17) is 39.8 Å². The van der Waals surface area contributed by atoms with Gasteiger partial charge in [-0.2, -0.15) is 0 Å². The van der Waals surface area contributed by atoms with E-state index in [1.807, 2.05) is 30.0 Å². The molecule has 0 spiro atoms. The van der Waals surface area contributed by atoms with Gasteiger partial charge in [0, 0.05) is 45.9 Å². The van der Waals surface area contributed by atoms with Crippen LogP contribution >= 0.6 is 50.7 Å². The van der Waals surface area contributed by atoms with Gasteiger partial charge in [0.25, 0.3) is 5.91 Å². The van der Waals surface area contributed by atoms with Crippen molar-refractivity contribution in [3.05, 3.63) is 66.6 Å². The Hall–Kier alpha value is -2.13. The molecule has 2 aromatic carbocycles. The highest BCUT2D eigenvalue weighted by Gasteiger charge is 2.27. The van der Waals surface area contributed by atoms with Crippen molar-refractivity contribution in [3.8, 4) is 0 Å². The van der Waals surface area contributed by atoms with Crippen molar-refractivity contribution in [3.63, 3.8) is 0 Å². The predicted octanol–water partition coefficient (Wildman–Crippen LogP) is 7.58. The summed E-state index contributed by atoms with van der Waals surface area (Å²) >= 11 is 22.6. The zero-order chi connectivity index (χ0) is 27.6. The highest BCUT2D eigenvalue weighted by atomic mass is 79.9. The maximum absolute atomic E-state index is 14.2. The van der Waals surface area contributed by atoms with Gasteiger partial charge in [0.05, 0.1) is 27.7 Å². The van der Waals surface area contributed by atoms with Crippen molar-refractivity contribution < 1.29 is 19.1 Å². The normalized spacial score (nSPS) is 16.5. The van der Waals surface area contributed by atoms with E-state index in [1.165, 1.54) is 0 Å². The number of halogens is 5. The lowest BCUT2D eigenvalue weighted by atomic mass is 9.93. The Labute approximate surface area is 243 Å². The number of rotatable bonds is 8. The number of fused-ring (bicyclic) bond motifs is 1. The van der Waals surface area contributed by atoms with E-state index in [1.54, 1.807) is 12.1 Å². The Morgan fingerprint density at radius 3 is 2.68 bits per heavy atom. The van der Waals surface area contributed by atoms with Crippen LogP contribution in [0.3, 0.4) is 0 Å². The van der Waals surface area contributed by atoms with Gasteiger partial charge in [0.15, 0.2) is 0 Å². The van der Waals surface area contributed by atoms with Crippen LogP contribution in [0.15, 0.2) is 34.8 Å². The van der Waals surface area contributed by atoms with Crippen molar-refractivity contribution in [2.45, 2.75) is 44.7 Å². The van der Waals surface area contributed by atoms with E-state index in [2.05, 4.69) is 21.2 Å². The van der Waals surface area contributed by atoms with Gasteiger partial charge in [-0.15, -0.1) is 0 Å². The van der Waals surface area contributed by atoms with Crippen molar-refractivity contribution in [1.82, 2.24) is 10.3 Å². The summed E-state index contributed by atoms with van der Waals surface area (Å²) in [7, 11) is 0. The number of aliphatic carboxylic acids is 1. The number of benzene rings is 2. The summed E-state index contributed by atoms with van der Waals surface area (Å²) < 4.78 is 15.0. The summed E-state index contributed by atoms with van der Waals surface area (Å²) in [6.45, 7) is 2.77. The SMILES string of the molecule is Cc1c(N2CCC[C@H](F)C2)nc2ccc(Br)cc2c1C(=O)NC[C@H](CCC(=O)O)c1c(Cl)ccc(Cl)c1Cl. The minimum atomic E-state index is -0.978. The van der Waals surface area contributed by atoms with E-state index in [9.17, 15) is 19.1 Å². The highest BCUT2D eigenvalue weighted by Crippen LogP contribution is 2.38. The summed E-state index contributed by atoms with van der Waals surface area (Å²) in [6, 6.07) is 8.65. The number of piperidine rings is 1. The zero-order valence-electron chi connectivity index (χ0n) is 20.5. The van der Waals surface area contributed by atoms with Gasteiger partial charge in [0.2, 0.25) is 0 Å². The minimum absolute atomic E-state index is 0.0781. The Bertz CT molecular complexity index is 1390. The number of aromatic nitrogens is 1. The molecule has 0 bridgehead atoms. The number of amides is 1. The Balaban J connectivity index is 1.71. The quantitative estimate of drug-likeness (QED) is 0.247. The van der Waals surface area contributed by atoms with Crippen LogP contribution in [0.2, 0.25) is 15.1 Å². The predicted molar refractivity (Wildman–Crippen MR) is 154 cm³/mol. The lowest BCUT2D eigenvalue weighted by Crippen LogP contribution is -2.38. The molecule has 1 aromatic heterocycles. The molecule has 1 aliphatic rings. The molecule has 2 N–H and O–H groups in total. The van der Waals surface area contributed by atoms with Crippen molar-refractivity contribution >= 4 is 79.3 Å². The molecule has 4 rings (SSSR count). The second-order valence-corrected chi connectivity index (χ2v) is 11.5. The van der Waals surface area contributed by atoms with Gasteiger partial charge in [-0.05, 0) is 62.1 Å². The maximum atomic E-state index is 14.2. The molecule has 2 heterocycles. The van der Waals surface area contributed by atoms with E-state index in [0.29, 0.717) is 57.8 Å². The zero-order valence-corrected chi connectivity index (χ0v) is 24.4. The van der Waals surface area contributed by atoms with Crippen molar-refractivity contribution in [2.75, 3.05) is 24.5 Å².